The molecule has 4 unspecified atom stereocenters. The highest BCUT2D eigenvalue weighted by Gasteiger charge is 2.38. The molecule has 0 saturated carbocycles. The third-order valence-corrected chi connectivity index (χ3v) is 8.43. The molecule has 0 aromatic heterocycles. The third kappa shape index (κ3) is 21.7. The standard InChI is InChI=1S/C10H16F2O4.2C9H14F2O4.C8H12F2O4/c1-7(2)10(11,12)6-14-4-3-8-5-15-9(13)16-8;2*1-6(2)9(10,11)5-13-3-7-4-14-8(12)15-7;1-5(2)8(9,10)4-13-6-3-12-7(11)14-6/h7-8H,3-6H2,1-2H3;2*6-7H,3-5H2,1-2H3;5-6H,3-4H2,1-2H3. The number of rotatable bonds is 20. The lowest BCUT2D eigenvalue weighted by molar-refractivity contribution is -0.165. The summed E-state index contributed by atoms with van der Waals surface area (Å²) >= 11 is 0. The summed E-state index contributed by atoms with van der Waals surface area (Å²) in [7, 11) is 0. The molecule has 24 heteroatoms. The SMILES string of the molecule is CC(C)C(F)(F)COC1COC(=O)O1.CC(C)C(F)(F)COCC1COC(=O)O1.CC(C)C(F)(F)COCC1COC(=O)O1.CC(C)C(F)(F)COCCC1COC(=O)O1. The van der Waals surface area contributed by atoms with E-state index in [2.05, 4.69) is 37.9 Å². The van der Waals surface area contributed by atoms with Gasteiger partial charge in [0.15, 0.2) is 18.8 Å². The van der Waals surface area contributed by atoms with Crippen LogP contribution in [0.4, 0.5) is 54.3 Å². The minimum atomic E-state index is -2.92. The van der Waals surface area contributed by atoms with Gasteiger partial charge >= 0.3 is 24.6 Å². The van der Waals surface area contributed by atoms with Gasteiger partial charge in [0.1, 0.15) is 52.4 Å². The van der Waals surface area contributed by atoms with Gasteiger partial charge in [-0.05, 0) is 0 Å². The van der Waals surface area contributed by atoms with E-state index >= 15 is 0 Å². The summed E-state index contributed by atoms with van der Waals surface area (Å²) in [5.74, 6) is -14.6. The van der Waals surface area contributed by atoms with Crippen molar-refractivity contribution in [1.82, 2.24) is 0 Å². The van der Waals surface area contributed by atoms with Crippen LogP contribution in [0.15, 0.2) is 0 Å². The first-order valence-electron chi connectivity index (χ1n) is 18.9. The van der Waals surface area contributed by atoms with Crippen LogP contribution in [0.2, 0.25) is 0 Å². The molecule has 0 bridgehead atoms. The maximum atomic E-state index is 13.1. The van der Waals surface area contributed by atoms with Gasteiger partial charge in [0.2, 0.25) is 6.29 Å². The molecule has 0 radical (unpaired) electrons. The van der Waals surface area contributed by atoms with Gasteiger partial charge in [0, 0.05) is 30.1 Å². The summed E-state index contributed by atoms with van der Waals surface area (Å²) < 4.78 is 160. The molecule has 0 aliphatic carbocycles. The molecule has 16 nitrogen and oxygen atoms in total. The van der Waals surface area contributed by atoms with Crippen LogP contribution in [-0.4, -0.2) is 146 Å². The van der Waals surface area contributed by atoms with Crippen molar-refractivity contribution in [2.75, 3.05) is 72.7 Å². The lowest BCUT2D eigenvalue weighted by atomic mass is 10.1. The van der Waals surface area contributed by atoms with Crippen LogP contribution < -0.4 is 0 Å². The molecule has 0 amide bonds. The van der Waals surface area contributed by atoms with Crippen LogP contribution in [0.5, 0.6) is 0 Å². The van der Waals surface area contributed by atoms with Crippen molar-refractivity contribution in [2.45, 2.75) is 110 Å². The summed E-state index contributed by atoms with van der Waals surface area (Å²) in [4.78, 5) is 41.9. The summed E-state index contributed by atoms with van der Waals surface area (Å²) in [5.41, 5.74) is 0. The number of halogens is 8. The zero-order valence-electron chi connectivity index (χ0n) is 34.7. The largest absolute Gasteiger partial charge is 0.510 e. The van der Waals surface area contributed by atoms with Crippen LogP contribution >= 0.6 is 0 Å². The molecule has 0 spiro atoms. The predicted molar refractivity (Wildman–Crippen MR) is 187 cm³/mol. The first kappa shape index (κ1) is 54.4. The molecular weight excluding hydrogens is 840 g/mol. The van der Waals surface area contributed by atoms with Gasteiger partial charge < -0.3 is 56.8 Å². The van der Waals surface area contributed by atoms with Gasteiger partial charge in [0.05, 0.1) is 19.8 Å². The Hall–Kier alpha value is -3.64. The molecule has 60 heavy (non-hydrogen) atoms. The number of carbonyl (C=O) groups is 4. The van der Waals surface area contributed by atoms with Gasteiger partial charge in [-0.1, -0.05) is 55.4 Å². The van der Waals surface area contributed by atoms with Crippen molar-refractivity contribution in [2.24, 2.45) is 23.7 Å². The van der Waals surface area contributed by atoms with Crippen molar-refractivity contribution >= 4 is 24.6 Å². The first-order valence-corrected chi connectivity index (χ1v) is 18.9. The second-order valence-electron chi connectivity index (χ2n) is 14.9. The predicted octanol–water partition coefficient (Wildman–Crippen LogP) is 7.67. The minimum absolute atomic E-state index is 0.0615. The van der Waals surface area contributed by atoms with Crippen molar-refractivity contribution in [1.29, 1.82) is 0 Å². The van der Waals surface area contributed by atoms with Crippen LogP contribution in [0.25, 0.3) is 0 Å². The van der Waals surface area contributed by atoms with E-state index in [4.69, 9.17) is 18.9 Å². The Labute approximate surface area is 342 Å². The van der Waals surface area contributed by atoms with E-state index in [-0.39, 0.29) is 52.4 Å². The Morgan fingerprint density at radius 2 is 0.783 bits per heavy atom. The van der Waals surface area contributed by atoms with Crippen molar-refractivity contribution in [3.05, 3.63) is 0 Å². The number of alkyl halides is 8. The van der Waals surface area contributed by atoms with Crippen LogP contribution in [0, 0.1) is 23.7 Å². The molecule has 4 saturated heterocycles. The van der Waals surface area contributed by atoms with E-state index in [1.54, 1.807) is 0 Å². The van der Waals surface area contributed by atoms with Gasteiger partial charge in [-0.15, -0.1) is 0 Å². The van der Waals surface area contributed by atoms with E-state index in [0.29, 0.717) is 6.42 Å². The van der Waals surface area contributed by atoms with E-state index in [1.165, 1.54) is 55.4 Å². The Kier molecular flexibility index (Phi) is 23.0. The molecule has 4 aliphatic rings. The quantitative estimate of drug-likeness (QED) is 0.0503. The summed E-state index contributed by atoms with van der Waals surface area (Å²) in [6.07, 6.45) is -5.30. The van der Waals surface area contributed by atoms with E-state index in [9.17, 15) is 54.3 Å². The number of carbonyl (C=O) groups excluding carboxylic acids is 4. The smallest absolute Gasteiger partial charge is 0.430 e. The second kappa shape index (κ2) is 25.3. The highest BCUT2D eigenvalue weighted by molar-refractivity contribution is 5.62. The number of hydrogen-bond donors (Lipinski definition) is 0. The van der Waals surface area contributed by atoms with Crippen LogP contribution in [-0.2, 0) is 56.8 Å². The Morgan fingerprint density at radius 1 is 0.467 bits per heavy atom. The second-order valence-corrected chi connectivity index (χ2v) is 14.9. The molecular formula is C36H56F8O16. The lowest BCUT2D eigenvalue weighted by Gasteiger charge is -2.21. The van der Waals surface area contributed by atoms with Gasteiger partial charge in [0.25, 0.3) is 23.7 Å². The molecule has 0 aromatic carbocycles. The van der Waals surface area contributed by atoms with Crippen LogP contribution in [0.3, 0.4) is 0 Å². The van der Waals surface area contributed by atoms with E-state index in [0.717, 1.165) is 0 Å². The summed E-state index contributed by atoms with van der Waals surface area (Å²) in [6, 6.07) is 0. The topological polar surface area (TPSA) is 179 Å². The average Bonchev–Trinajstić information content (AvgIpc) is 3.96. The number of hydrogen-bond acceptors (Lipinski definition) is 16. The molecule has 4 fully saturated rings. The van der Waals surface area contributed by atoms with Gasteiger partial charge in [-0.2, -0.15) is 0 Å². The third-order valence-electron chi connectivity index (χ3n) is 8.43. The zero-order chi connectivity index (χ0) is 45.9. The van der Waals surface area contributed by atoms with Crippen molar-refractivity contribution in [3.8, 4) is 0 Å². The molecule has 4 heterocycles. The molecule has 4 rings (SSSR count). The fourth-order valence-electron chi connectivity index (χ4n) is 3.74. The fourth-order valence-corrected chi connectivity index (χ4v) is 3.74. The highest BCUT2D eigenvalue weighted by atomic mass is 19.3. The van der Waals surface area contributed by atoms with E-state index in [1.807, 2.05) is 0 Å². The van der Waals surface area contributed by atoms with Crippen LogP contribution in [0.1, 0.15) is 61.8 Å². The monoisotopic (exact) mass is 896 g/mol. The zero-order valence-corrected chi connectivity index (χ0v) is 34.7. The molecule has 0 N–H and O–H groups in total. The maximum Gasteiger partial charge on any atom is 0.510 e. The lowest BCUT2D eigenvalue weighted by Crippen LogP contribution is -2.33. The Bertz CT molecular complexity index is 1260. The summed E-state index contributed by atoms with van der Waals surface area (Å²) in [5, 5.41) is 0. The molecule has 4 atom stereocenters. The average molecular weight is 897 g/mol. The van der Waals surface area contributed by atoms with Crippen molar-refractivity contribution < 1.29 is 111 Å². The van der Waals surface area contributed by atoms with E-state index < -0.39 is 117 Å². The Balaban J connectivity index is 0.000000400. The molecule has 4 aliphatic heterocycles. The normalized spacial score (nSPS) is 21.7. The maximum absolute atomic E-state index is 13.1. The van der Waals surface area contributed by atoms with Gasteiger partial charge in [-0.25, -0.2) is 54.3 Å². The minimum Gasteiger partial charge on any atom is -0.430 e. The Morgan fingerprint density at radius 3 is 1.10 bits per heavy atom. The number of ether oxygens (including phenoxy) is 12. The first-order chi connectivity index (χ1) is 27.7. The fraction of sp³-hybridized carbons (Fsp3) is 0.889. The van der Waals surface area contributed by atoms with Crippen molar-refractivity contribution in [3.63, 3.8) is 0 Å². The molecule has 0 aromatic rings. The number of cyclic esters (lactones) is 8. The van der Waals surface area contributed by atoms with Gasteiger partial charge in [-0.3, -0.25) is 0 Å². The molecule has 352 valence electrons. The summed E-state index contributed by atoms with van der Waals surface area (Å²) in [6.45, 7) is 8.79. The highest BCUT2D eigenvalue weighted by Crippen LogP contribution is 2.27.